The summed E-state index contributed by atoms with van der Waals surface area (Å²) in [6, 6.07) is 1.57. The lowest BCUT2D eigenvalue weighted by Crippen LogP contribution is -2.52. The summed E-state index contributed by atoms with van der Waals surface area (Å²) in [4.78, 5) is 17.4. The minimum Gasteiger partial charge on any atom is -0.434 e. The van der Waals surface area contributed by atoms with E-state index in [0.717, 1.165) is 61.8 Å². The summed E-state index contributed by atoms with van der Waals surface area (Å²) in [6.07, 6.45) is 6.60. The Morgan fingerprint density at radius 1 is 1.21 bits per heavy atom. The molecule has 0 atom stereocenters. The largest absolute Gasteiger partial charge is 0.434 e. The van der Waals surface area contributed by atoms with Crippen LogP contribution in [0.2, 0.25) is 5.02 Å². The number of anilines is 1. The molecule has 8 nitrogen and oxygen atoms in total. The number of halogens is 1. The summed E-state index contributed by atoms with van der Waals surface area (Å²) >= 11 is 6.68. The first kappa shape index (κ1) is 23.5. The third-order valence-electron chi connectivity index (χ3n) is 7.38. The van der Waals surface area contributed by atoms with Crippen LogP contribution in [-0.4, -0.2) is 43.5 Å². The summed E-state index contributed by atoms with van der Waals surface area (Å²) < 4.78 is 17.7. The summed E-state index contributed by atoms with van der Waals surface area (Å²) in [5.74, 6) is 0.518. The van der Waals surface area contributed by atoms with E-state index in [1.165, 1.54) is 0 Å². The lowest BCUT2D eigenvalue weighted by molar-refractivity contribution is 0.00764. The number of nitrogens with zero attached hydrogens (tertiary/aromatic N) is 1. The molecule has 5 rings (SSSR count). The number of rotatable bonds is 5. The number of aromatic nitrogens is 1. The van der Waals surface area contributed by atoms with Gasteiger partial charge >= 0.3 is 6.03 Å². The standard InChI is InChI=1S/C25H33ClN4O4/c1-15(2)19(29-24(14-32-3)9-11-33-12-10-24)22-27-17-13-16(26)20-18(21(17)34-22)25(30-23(31)28-20)7-5-4-6-8-25/h13,29H,4-12,14H2,1-3H3,(H2,28,30,31). The Morgan fingerprint density at radius 2 is 1.94 bits per heavy atom. The number of benzene rings is 1. The molecule has 1 aliphatic carbocycles. The van der Waals surface area contributed by atoms with Crippen LogP contribution in [0.5, 0.6) is 0 Å². The van der Waals surface area contributed by atoms with Gasteiger partial charge in [-0.05, 0) is 51.2 Å². The fraction of sp³-hybridized carbons (Fsp3) is 0.600. The van der Waals surface area contributed by atoms with Gasteiger partial charge in [0.1, 0.15) is 5.52 Å². The minimum absolute atomic E-state index is 0.219. The van der Waals surface area contributed by atoms with Crippen LogP contribution in [0.15, 0.2) is 16.1 Å². The van der Waals surface area contributed by atoms with Gasteiger partial charge in [0, 0.05) is 25.9 Å². The highest BCUT2D eigenvalue weighted by Crippen LogP contribution is 2.48. The first-order chi connectivity index (χ1) is 16.4. The number of amides is 2. The van der Waals surface area contributed by atoms with E-state index in [0.29, 0.717) is 47.5 Å². The molecule has 1 spiro atoms. The molecule has 0 radical (unpaired) electrons. The topological polar surface area (TPSA) is 97.7 Å². The summed E-state index contributed by atoms with van der Waals surface area (Å²) in [5.41, 5.74) is 4.09. The van der Waals surface area contributed by atoms with E-state index < -0.39 is 5.54 Å². The first-order valence-electron chi connectivity index (χ1n) is 12.1. The molecule has 0 unspecified atom stereocenters. The number of carbonyl (C=O) groups is 1. The van der Waals surface area contributed by atoms with Crippen molar-refractivity contribution < 1.29 is 18.7 Å². The number of nitrogens with one attached hydrogen (secondary N) is 3. The number of carbonyl (C=O) groups excluding carboxylic acids is 1. The fourth-order valence-corrected chi connectivity index (χ4v) is 5.92. The van der Waals surface area contributed by atoms with Crippen molar-refractivity contribution in [3.8, 4) is 0 Å². The number of ether oxygens (including phenoxy) is 2. The highest BCUT2D eigenvalue weighted by atomic mass is 35.5. The van der Waals surface area contributed by atoms with Crippen LogP contribution in [-0.2, 0) is 15.0 Å². The van der Waals surface area contributed by atoms with Gasteiger partial charge in [-0.15, -0.1) is 0 Å². The average molecular weight is 489 g/mol. The molecule has 3 heterocycles. The van der Waals surface area contributed by atoms with Crippen molar-refractivity contribution in [3.05, 3.63) is 28.1 Å². The maximum atomic E-state index is 12.5. The fourth-order valence-electron chi connectivity index (χ4n) is 5.68. The second-order valence-electron chi connectivity index (χ2n) is 10.0. The monoisotopic (exact) mass is 488 g/mol. The Labute approximate surface area is 204 Å². The Bertz CT molecular complexity index is 1120. The Kier molecular flexibility index (Phi) is 6.25. The zero-order chi connectivity index (χ0) is 23.9. The van der Waals surface area contributed by atoms with Crippen molar-refractivity contribution in [1.82, 2.24) is 15.6 Å². The zero-order valence-electron chi connectivity index (χ0n) is 20.1. The van der Waals surface area contributed by atoms with Crippen LogP contribution in [0.1, 0.15) is 70.2 Å². The molecule has 3 aliphatic rings. The van der Waals surface area contributed by atoms with E-state index in [1.54, 1.807) is 13.2 Å². The van der Waals surface area contributed by atoms with Crippen molar-refractivity contribution in [1.29, 1.82) is 0 Å². The molecule has 2 fully saturated rings. The molecule has 34 heavy (non-hydrogen) atoms. The molecule has 9 heteroatoms. The second kappa shape index (κ2) is 9.06. The van der Waals surface area contributed by atoms with E-state index in [4.69, 9.17) is 30.5 Å². The number of oxazole rings is 1. The highest BCUT2D eigenvalue weighted by molar-refractivity contribution is 6.35. The molecule has 1 saturated heterocycles. The average Bonchev–Trinajstić information content (AvgIpc) is 3.21. The maximum absolute atomic E-state index is 12.5. The number of urea groups is 1. The molecule has 0 bridgehead atoms. The number of allylic oxidation sites excluding steroid dienone is 1. The smallest absolute Gasteiger partial charge is 0.319 e. The Balaban J connectivity index is 1.62. The van der Waals surface area contributed by atoms with Crippen LogP contribution in [0.25, 0.3) is 16.8 Å². The van der Waals surface area contributed by atoms with Crippen molar-refractivity contribution in [2.45, 2.75) is 69.9 Å². The van der Waals surface area contributed by atoms with Gasteiger partial charge in [-0.25, -0.2) is 9.78 Å². The number of hydrogen-bond acceptors (Lipinski definition) is 6. The molecule has 3 N–H and O–H groups in total. The molecule has 1 saturated carbocycles. The SMILES string of the molecule is COCC1(NC(=C(C)C)c2nc3cc(Cl)c4c(c3o2)C2(CCCCC2)NC(=O)N4)CCOCC1. The summed E-state index contributed by atoms with van der Waals surface area (Å²) in [5, 5.41) is 10.3. The van der Waals surface area contributed by atoms with Gasteiger partial charge in [0.25, 0.3) is 0 Å². The van der Waals surface area contributed by atoms with E-state index in [2.05, 4.69) is 16.0 Å². The van der Waals surface area contributed by atoms with E-state index in [-0.39, 0.29) is 11.6 Å². The van der Waals surface area contributed by atoms with Gasteiger partial charge in [0.2, 0.25) is 5.89 Å². The lowest BCUT2D eigenvalue weighted by Gasteiger charge is -2.42. The quantitative estimate of drug-likeness (QED) is 0.527. The molecule has 1 aromatic carbocycles. The van der Waals surface area contributed by atoms with Gasteiger partial charge in [-0.2, -0.15) is 0 Å². The molecule has 2 aliphatic heterocycles. The van der Waals surface area contributed by atoms with Crippen molar-refractivity contribution >= 4 is 40.1 Å². The van der Waals surface area contributed by atoms with Crippen LogP contribution in [0.3, 0.4) is 0 Å². The summed E-state index contributed by atoms with van der Waals surface area (Å²) in [6.45, 7) is 6.01. The Morgan fingerprint density at radius 3 is 2.62 bits per heavy atom. The highest BCUT2D eigenvalue weighted by Gasteiger charge is 2.44. The molecular formula is C25H33ClN4O4. The van der Waals surface area contributed by atoms with Gasteiger partial charge in [-0.1, -0.05) is 30.9 Å². The van der Waals surface area contributed by atoms with Gasteiger partial charge < -0.3 is 29.8 Å². The summed E-state index contributed by atoms with van der Waals surface area (Å²) in [7, 11) is 1.72. The molecule has 2 amide bonds. The molecule has 184 valence electrons. The number of hydrogen-bond donors (Lipinski definition) is 3. The Hall–Kier alpha value is -2.29. The van der Waals surface area contributed by atoms with E-state index in [9.17, 15) is 4.79 Å². The third kappa shape index (κ3) is 4.06. The van der Waals surface area contributed by atoms with Crippen LogP contribution in [0, 0.1) is 0 Å². The third-order valence-corrected chi connectivity index (χ3v) is 7.68. The maximum Gasteiger partial charge on any atom is 0.319 e. The lowest BCUT2D eigenvalue weighted by atomic mass is 9.74. The molecular weight excluding hydrogens is 456 g/mol. The van der Waals surface area contributed by atoms with Crippen molar-refractivity contribution in [2.24, 2.45) is 0 Å². The van der Waals surface area contributed by atoms with Crippen molar-refractivity contribution in [2.75, 3.05) is 32.2 Å². The predicted octanol–water partition coefficient (Wildman–Crippen LogP) is 5.31. The van der Waals surface area contributed by atoms with Crippen molar-refractivity contribution in [3.63, 3.8) is 0 Å². The van der Waals surface area contributed by atoms with Gasteiger partial charge in [0.05, 0.1) is 34.1 Å². The normalized spacial score (nSPS) is 21.0. The van der Waals surface area contributed by atoms with E-state index >= 15 is 0 Å². The van der Waals surface area contributed by atoms with Crippen LogP contribution < -0.4 is 16.0 Å². The molecule has 2 aromatic rings. The van der Waals surface area contributed by atoms with Crippen LogP contribution >= 0.6 is 11.6 Å². The number of fused-ring (bicyclic) bond motifs is 4. The molecule has 1 aromatic heterocycles. The second-order valence-corrected chi connectivity index (χ2v) is 10.4. The van der Waals surface area contributed by atoms with Gasteiger partial charge in [-0.3, -0.25) is 0 Å². The zero-order valence-corrected chi connectivity index (χ0v) is 20.9. The first-order valence-corrected chi connectivity index (χ1v) is 12.5. The number of methoxy groups -OCH3 is 1. The van der Waals surface area contributed by atoms with Crippen LogP contribution in [0.4, 0.5) is 10.5 Å². The van der Waals surface area contributed by atoms with Gasteiger partial charge in [0.15, 0.2) is 5.58 Å². The predicted molar refractivity (Wildman–Crippen MR) is 132 cm³/mol. The minimum atomic E-state index is -0.494. The van der Waals surface area contributed by atoms with E-state index in [1.807, 2.05) is 13.8 Å².